The van der Waals surface area contributed by atoms with E-state index in [2.05, 4.69) is 44.3 Å². The SMILES string of the molecule is CCC1=Nc2cc(C(=O)NC(C)CC)ccc2Sc2ccc(C)cc21. The van der Waals surface area contributed by atoms with Crippen LogP contribution in [0.1, 0.15) is 55.1 Å². The molecule has 4 heteroatoms. The van der Waals surface area contributed by atoms with Crippen molar-refractivity contribution in [3.63, 3.8) is 0 Å². The van der Waals surface area contributed by atoms with Crippen LogP contribution in [0.4, 0.5) is 5.69 Å². The average molecular weight is 353 g/mol. The molecule has 1 amide bonds. The lowest BCUT2D eigenvalue weighted by atomic mass is 10.0. The van der Waals surface area contributed by atoms with Gasteiger partial charge in [0.2, 0.25) is 0 Å². The highest BCUT2D eigenvalue weighted by Gasteiger charge is 2.18. The predicted octanol–water partition coefficient (Wildman–Crippen LogP) is 5.52. The van der Waals surface area contributed by atoms with Crippen molar-refractivity contribution in [2.75, 3.05) is 0 Å². The minimum atomic E-state index is -0.0343. The number of hydrogen-bond donors (Lipinski definition) is 1. The summed E-state index contributed by atoms with van der Waals surface area (Å²) in [5, 5.41) is 3.02. The van der Waals surface area contributed by atoms with Crippen LogP contribution < -0.4 is 5.32 Å². The molecule has 0 spiro atoms. The zero-order valence-electron chi connectivity index (χ0n) is 15.2. The molecule has 3 rings (SSSR count). The van der Waals surface area contributed by atoms with Gasteiger partial charge in [0.1, 0.15) is 0 Å². The molecule has 1 heterocycles. The Hall–Kier alpha value is -2.07. The van der Waals surface area contributed by atoms with E-state index in [1.165, 1.54) is 16.0 Å². The maximum absolute atomic E-state index is 12.4. The number of hydrogen-bond acceptors (Lipinski definition) is 3. The van der Waals surface area contributed by atoms with E-state index in [9.17, 15) is 4.79 Å². The fraction of sp³-hybridized carbons (Fsp3) is 0.333. The molecule has 1 atom stereocenters. The second kappa shape index (κ2) is 7.44. The van der Waals surface area contributed by atoms with Crippen LogP contribution in [0.2, 0.25) is 0 Å². The third kappa shape index (κ3) is 3.79. The van der Waals surface area contributed by atoms with Crippen molar-refractivity contribution in [1.29, 1.82) is 0 Å². The van der Waals surface area contributed by atoms with Crippen molar-refractivity contribution in [3.8, 4) is 0 Å². The lowest BCUT2D eigenvalue weighted by Crippen LogP contribution is -2.31. The molecule has 3 nitrogen and oxygen atoms in total. The van der Waals surface area contributed by atoms with E-state index in [-0.39, 0.29) is 11.9 Å². The number of nitrogens with one attached hydrogen (secondary N) is 1. The Kier molecular flexibility index (Phi) is 5.28. The zero-order valence-corrected chi connectivity index (χ0v) is 16.0. The largest absolute Gasteiger partial charge is 0.350 e. The van der Waals surface area contributed by atoms with Gasteiger partial charge < -0.3 is 5.32 Å². The highest BCUT2D eigenvalue weighted by Crippen LogP contribution is 2.41. The first-order valence-corrected chi connectivity index (χ1v) is 9.64. The molecule has 25 heavy (non-hydrogen) atoms. The lowest BCUT2D eigenvalue weighted by Gasteiger charge is -2.12. The summed E-state index contributed by atoms with van der Waals surface area (Å²) >= 11 is 1.72. The monoisotopic (exact) mass is 352 g/mol. The predicted molar refractivity (Wildman–Crippen MR) is 105 cm³/mol. The number of rotatable bonds is 4. The van der Waals surface area contributed by atoms with E-state index in [1.54, 1.807) is 11.8 Å². The quantitative estimate of drug-likeness (QED) is 0.787. The molecule has 1 aliphatic heterocycles. The molecule has 1 N–H and O–H groups in total. The number of benzene rings is 2. The van der Waals surface area contributed by atoms with Crippen LogP contribution in [0.3, 0.4) is 0 Å². The van der Waals surface area contributed by atoms with Crippen LogP contribution in [0.25, 0.3) is 0 Å². The van der Waals surface area contributed by atoms with Gasteiger partial charge in [0.25, 0.3) is 5.91 Å². The molecule has 0 saturated carbocycles. The molecule has 1 aliphatic rings. The number of amides is 1. The summed E-state index contributed by atoms with van der Waals surface area (Å²) in [6, 6.07) is 12.5. The Bertz CT molecular complexity index is 842. The smallest absolute Gasteiger partial charge is 0.251 e. The minimum Gasteiger partial charge on any atom is -0.350 e. The maximum atomic E-state index is 12.4. The fourth-order valence-corrected chi connectivity index (χ4v) is 3.80. The van der Waals surface area contributed by atoms with Crippen LogP contribution in [-0.4, -0.2) is 17.7 Å². The second-order valence-electron chi connectivity index (χ2n) is 6.48. The van der Waals surface area contributed by atoms with E-state index >= 15 is 0 Å². The van der Waals surface area contributed by atoms with Gasteiger partial charge in [-0.3, -0.25) is 9.79 Å². The molecule has 0 radical (unpaired) electrons. The number of carbonyl (C=O) groups is 1. The Balaban J connectivity index is 2.01. The Morgan fingerprint density at radius 3 is 2.64 bits per heavy atom. The minimum absolute atomic E-state index is 0.0343. The summed E-state index contributed by atoms with van der Waals surface area (Å²) in [7, 11) is 0. The van der Waals surface area contributed by atoms with Gasteiger partial charge in [0.05, 0.1) is 5.69 Å². The highest BCUT2D eigenvalue weighted by molar-refractivity contribution is 7.99. The third-order valence-electron chi connectivity index (χ3n) is 4.47. The van der Waals surface area contributed by atoms with Crippen LogP contribution in [0.15, 0.2) is 51.2 Å². The van der Waals surface area contributed by atoms with Crippen molar-refractivity contribution in [2.45, 2.75) is 56.4 Å². The van der Waals surface area contributed by atoms with E-state index in [1.807, 2.05) is 25.1 Å². The Labute approximate surface area is 153 Å². The van der Waals surface area contributed by atoms with Gasteiger partial charge in [-0.2, -0.15) is 0 Å². The van der Waals surface area contributed by atoms with E-state index in [4.69, 9.17) is 4.99 Å². The van der Waals surface area contributed by atoms with Gasteiger partial charge >= 0.3 is 0 Å². The molecule has 2 aromatic carbocycles. The summed E-state index contributed by atoms with van der Waals surface area (Å²) in [5.41, 5.74) is 5.06. The van der Waals surface area contributed by atoms with Gasteiger partial charge in [0.15, 0.2) is 0 Å². The summed E-state index contributed by atoms with van der Waals surface area (Å²) in [6.45, 7) is 8.31. The molecule has 0 aromatic heterocycles. The molecular weight excluding hydrogens is 328 g/mol. The molecule has 2 aromatic rings. The number of nitrogens with zero attached hydrogens (tertiary/aromatic N) is 1. The van der Waals surface area contributed by atoms with Gasteiger partial charge in [-0.15, -0.1) is 0 Å². The standard InChI is InChI=1S/C21H24N2OS/c1-5-14(4)22-21(24)15-8-10-20-18(12-15)23-17(6-2)16-11-13(3)7-9-19(16)25-20/h7-12,14H,5-6H2,1-4H3,(H,22,24). The van der Waals surface area contributed by atoms with E-state index in [0.29, 0.717) is 5.56 Å². The van der Waals surface area contributed by atoms with E-state index < -0.39 is 0 Å². The van der Waals surface area contributed by atoms with Gasteiger partial charge in [-0.05, 0) is 57.0 Å². The van der Waals surface area contributed by atoms with Crippen molar-refractivity contribution in [1.82, 2.24) is 5.32 Å². The second-order valence-corrected chi connectivity index (χ2v) is 7.56. The summed E-state index contributed by atoms with van der Waals surface area (Å²) in [6.07, 6.45) is 1.78. The number of aliphatic imine (C=N–C) groups is 1. The van der Waals surface area contributed by atoms with Crippen LogP contribution in [-0.2, 0) is 0 Å². The molecule has 130 valence electrons. The fourth-order valence-electron chi connectivity index (χ4n) is 2.79. The van der Waals surface area contributed by atoms with Crippen molar-refractivity contribution < 1.29 is 4.79 Å². The summed E-state index contributed by atoms with van der Waals surface area (Å²) in [5.74, 6) is -0.0343. The number of aryl methyl sites for hydroxylation is 1. The van der Waals surface area contributed by atoms with Crippen molar-refractivity contribution in [3.05, 3.63) is 53.1 Å². The summed E-state index contributed by atoms with van der Waals surface area (Å²) in [4.78, 5) is 19.6. The number of carbonyl (C=O) groups excluding carboxylic acids is 1. The van der Waals surface area contributed by atoms with Crippen LogP contribution in [0, 0.1) is 6.92 Å². The first kappa shape index (κ1) is 17.7. The van der Waals surface area contributed by atoms with Crippen LogP contribution in [0.5, 0.6) is 0 Å². The molecule has 0 aliphatic carbocycles. The Morgan fingerprint density at radius 2 is 1.92 bits per heavy atom. The van der Waals surface area contributed by atoms with E-state index in [0.717, 1.165) is 29.1 Å². The van der Waals surface area contributed by atoms with Gasteiger partial charge in [0, 0.05) is 32.7 Å². The normalized spacial score (nSPS) is 14.0. The maximum Gasteiger partial charge on any atom is 0.251 e. The van der Waals surface area contributed by atoms with Crippen molar-refractivity contribution >= 4 is 29.1 Å². The van der Waals surface area contributed by atoms with Gasteiger partial charge in [-0.1, -0.05) is 37.2 Å². The average Bonchev–Trinajstić information content (AvgIpc) is 2.76. The Morgan fingerprint density at radius 1 is 1.16 bits per heavy atom. The lowest BCUT2D eigenvalue weighted by molar-refractivity contribution is 0.0939. The topological polar surface area (TPSA) is 41.5 Å². The first-order chi connectivity index (χ1) is 12.0. The highest BCUT2D eigenvalue weighted by atomic mass is 32.2. The zero-order chi connectivity index (χ0) is 18.0. The molecule has 0 fully saturated rings. The molecular formula is C21H24N2OS. The molecule has 0 saturated heterocycles. The summed E-state index contributed by atoms with van der Waals surface area (Å²) < 4.78 is 0. The third-order valence-corrected chi connectivity index (χ3v) is 5.61. The van der Waals surface area contributed by atoms with Crippen LogP contribution >= 0.6 is 11.8 Å². The van der Waals surface area contributed by atoms with Crippen molar-refractivity contribution in [2.24, 2.45) is 4.99 Å². The first-order valence-electron chi connectivity index (χ1n) is 8.83. The molecule has 1 unspecified atom stereocenters. The molecule has 0 bridgehead atoms. The van der Waals surface area contributed by atoms with Gasteiger partial charge in [-0.25, -0.2) is 0 Å². The number of fused-ring (bicyclic) bond motifs is 2.